The fourth-order valence-electron chi connectivity index (χ4n) is 3.71. The summed E-state index contributed by atoms with van der Waals surface area (Å²) in [4.78, 5) is 5.05. The molecular weight excluding hydrogens is 332 g/mol. The summed E-state index contributed by atoms with van der Waals surface area (Å²) >= 11 is 0. The minimum atomic E-state index is -3.66. The lowest BCUT2D eigenvalue weighted by atomic mass is 9.89. The third-order valence-corrected chi connectivity index (χ3v) is 6.81. The lowest BCUT2D eigenvalue weighted by Gasteiger charge is -2.22. The Bertz CT molecular complexity index is 998. The van der Waals surface area contributed by atoms with Crippen LogP contribution in [0.15, 0.2) is 53.4 Å². The molecule has 0 unspecified atom stereocenters. The number of benzene rings is 2. The Morgan fingerprint density at radius 3 is 2.36 bits per heavy atom. The van der Waals surface area contributed by atoms with Gasteiger partial charge in [0.1, 0.15) is 5.82 Å². The second-order valence-electron chi connectivity index (χ2n) is 6.88. The summed E-state index contributed by atoms with van der Waals surface area (Å²) in [5, 5.41) is 0. The van der Waals surface area contributed by atoms with Crippen molar-refractivity contribution < 1.29 is 8.42 Å². The van der Waals surface area contributed by atoms with Crippen molar-refractivity contribution in [1.82, 2.24) is 8.96 Å². The Balaban J connectivity index is 1.94. The van der Waals surface area contributed by atoms with Crippen molar-refractivity contribution in [3.05, 3.63) is 59.9 Å². The number of para-hydroxylation sites is 2. The van der Waals surface area contributed by atoms with Gasteiger partial charge in [0.25, 0.3) is 10.0 Å². The van der Waals surface area contributed by atoms with Gasteiger partial charge in [0.15, 0.2) is 0 Å². The highest BCUT2D eigenvalue weighted by Crippen LogP contribution is 2.35. The number of rotatable bonds is 3. The molecule has 0 amide bonds. The summed E-state index contributed by atoms with van der Waals surface area (Å²) in [7, 11) is -3.66. The van der Waals surface area contributed by atoms with E-state index in [0.717, 1.165) is 36.8 Å². The first-order valence-electron chi connectivity index (χ1n) is 8.87. The number of hydrogen-bond donors (Lipinski definition) is 0. The molecule has 0 bridgehead atoms. The molecule has 1 aromatic heterocycles. The van der Waals surface area contributed by atoms with Gasteiger partial charge in [0, 0.05) is 5.92 Å². The van der Waals surface area contributed by atoms with Crippen LogP contribution < -0.4 is 0 Å². The highest BCUT2D eigenvalue weighted by molar-refractivity contribution is 7.90. The molecule has 0 saturated heterocycles. The molecule has 4 nitrogen and oxygen atoms in total. The zero-order valence-corrected chi connectivity index (χ0v) is 15.2. The normalized spacial score (nSPS) is 16.4. The number of aromatic nitrogens is 2. The number of imidazole rings is 1. The molecule has 1 saturated carbocycles. The van der Waals surface area contributed by atoms with Gasteiger partial charge in [-0.15, -0.1) is 0 Å². The van der Waals surface area contributed by atoms with Crippen LogP contribution in [-0.2, 0) is 10.0 Å². The first-order valence-corrected chi connectivity index (χ1v) is 10.3. The van der Waals surface area contributed by atoms with Crippen LogP contribution >= 0.6 is 0 Å². The van der Waals surface area contributed by atoms with Gasteiger partial charge in [-0.2, -0.15) is 0 Å². The Morgan fingerprint density at radius 2 is 1.64 bits per heavy atom. The predicted octanol–water partition coefficient (Wildman–Crippen LogP) is 4.63. The van der Waals surface area contributed by atoms with Gasteiger partial charge in [-0.3, -0.25) is 0 Å². The molecule has 4 rings (SSSR count). The van der Waals surface area contributed by atoms with Gasteiger partial charge in [0.2, 0.25) is 0 Å². The van der Waals surface area contributed by atoms with Crippen molar-refractivity contribution in [2.75, 3.05) is 0 Å². The third kappa shape index (κ3) is 2.86. The Hall–Kier alpha value is -2.14. The molecule has 2 aromatic carbocycles. The summed E-state index contributed by atoms with van der Waals surface area (Å²) < 4.78 is 28.3. The van der Waals surface area contributed by atoms with Gasteiger partial charge >= 0.3 is 0 Å². The molecule has 1 fully saturated rings. The van der Waals surface area contributed by atoms with Crippen LogP contribution in [0.5, 0.6) is 0 Å². The zero-order valence-electron chi connectivity index (χ0n) is 14.4. The Morgan fingerprint density at radius 1 is 0.960 bits per heavy atom. The van der Waals surface area contributed by atoms with Crippen molar-refractivity contribution in [3.63, 3.8) is 0 Å². The molecule has 5 heteroatoms. The molecule has 1 aliphatic rings. The molecule has 0 radical (unpaired) electrons. The Kier molecular flexibility index (Phi) is 4.12. The Labute approximate surface area is 148 Å². The van der Waals surface area contributed by atoms with Crippen LogP contribution in [0.2, 0.25) is 0 Å². The molecule has 0 N–H and O–H groups in total. The molecule has 0 aliphatic heterocycles. The van der Waals surface area contributed by atoms with E-state index in [-0.39, 0.29) is 5.92 Å². The molecular formula is C20H22N2O2S. The number of fused-ring (bicyclic) bond motifs is 1. The van der Waals surface area contributed by atoms with E-state index < -0.39 is 10.0 Å². The fourth-order valence-corrected chi connectivity index (χ4v) is 5.25. The van der Waals surface area contributed by atoms with E-state index in [4.69, 9.17) is 4.98 Å². The molecule has 130 valence electrons. The van der Waals surface area contributed by atoms with E-state index >= 15 is 0 Å². The van der Waals surface area contributed by atoms with Crippen LogP contribution in [0.3, 0.4) is 0 Å². The second-order valence-corrected chi connectivity index (χ2v) is 8.66. The van der Waals surface area contributed by atoms with Gasteiger partial charge in [-0.1, -0.05) is 49.1 Å². The maximum absolute atomic E-state index is 13.4. The van der Waals surface area contributed by atoms with Gasteiger partial charge in [0.05, 0.1) is 15.9 Å². The monoisotopic (exact) mass is 354 g/mol. The van der Waals surface area contributed by atoms with Crippen LogP contribution in [0.25, 0.3) is 11.0 Å². The van der Waals surface area contributed by atoms with E-state index in [1.54, 1.807) is 12.1 Å². The van der Waals surface area contributed by atoms with E-state index in [0.29, 0.717) is 16.2 Å². The fraction of sp³-hybridized carbons (Fsp3) is 0.350. The van der Waals surface area contributed by atoms with Crippen LogP contribution in [0.4, 0.5) is 0 Å². The van der Waals surface area contributed by atoms with Crippen LogP contribution in [-0.4, -0.2) is 17.4 Å². The minimum absolute atomic E-state index is 0.210. The minimum Gasteiger partial charge on any atom is -0.232 e. The maximum Gasteiger partial charge on any atom is 0.269 e. The highest BCUT2D eigenvalue weighted by atomic mass is 32.2. The van der Waals surface area contributed by atoms with Crippen molar-refractivity contribution >= 4 is 21.1 Å². The summed E-state index contributed by atoms with van der Waals surface area (Å²) in [6.45, 7) is 1.95. The van der Waals surface area contributed by atoms with Crippen molar-refractivity contribution in [2.45, 2.75) is 49.8 Å². The SMILES string of the molecule is Cc1ccc(S(=O)(=O)n2c(C3CCCCC3)nc3ccccc32)cc1. The first-order chi connectivity index (χ1) is 12.1. The molecule has 0 spiro atoms. The van der Waals surface area contributed by atoms with Crippen LogP contribution in [0, 0.1) is 6.92 Å². The summed E-state index contributed by atoms with van der Waals surface area (Å²) in [6.07, 6.45) is 5.51. The van der Waals surface area contributed by atoms with E-state index in [9.17, 15) is 8.42 Å². The third-order valence-electron chi connectivity index (χ3n) is 5.07. The topological polar surface area (TPSA) is 52.0 Å². The van der Waals surface area contributed by atoms with Gasteiger partial charge in [-0.25, -0.2) is 17.4 Å². The van der Waals surface area contributed by atoms with E-state index in [1.165, 1.54) is 10.4 Å². The number of nitrogens with zero attached hydrogens (tertiary/aromatic N) is 2. The maximum atomic E-state index is 13.4. The van der Waals surface area contributed by atoms with E-state index in [2.05, 4.69) is 0 Å². The standard InChI is InChI=1S/C20H22N2O2S/c1-15-11-13-17(14-12-15)25(23,24)22-19-10-6-5-9-18(19)21-20(22)16-7-3-2-4-8-16/h5-6,9-14,16H,2-4,7-8H2,1H3. The molecule has 1 heterocycles. The van der Waals surface area contributed by atoms with Crippen LogP contribution in [0.1, 0.15) is 49.4 Å². The molecule has 25 heavy (non-hydrogen) atoms. The quantitative estimate of drug-likeness (QED) is 0.689. The zero-order chi connectivity index (χ0) is 17.4. The summed E-state index contributed by atoms with van der Waals surface area (Å²) in [6, 6.07) is 14.6. The average molecular weight is 354 g/mol. The lowest BCUT2D eigenvalue weighted by Crippen LogP contribution is -2.19. The smallest absolute Gasteiger partial charge is 0.232 e. The molecule has 1 aliphatic carbocycles. The predicted molar refractivity (Wildman–Crippen MR) is 99.3 cm³/mol. The molecule has 3 aromatic rings. The molecule has 0 atom stereocenters. The highest BCUT2D eigenvalue weighted by Gasteiger charge is 2.29. The first kappa shape index (κ1) is 16.3. The lowest BCUT2D eigenvalue weighted by molar-refractivity contribution is 0.427. The van der Waals surface area contributed by atoms with Gasteiger partial charge < -0.3 is 0 Å². The van der Waals surface area contributed by atoms with Crippen molar-refractivity contribution in [2.24, 2.45) is 0 Å². The number of aryl methyl sites for hydroxylation is 1. The van der Waals surface area contributed by atoms with Crippen molar-refractivity contribution in [1.29, 1.82) is 0 Å². The second kappa shape index (κ2) is 6.30. The number of hydrogen-bond acceptors (Lipinski definition) is 3. The summed E-state index contributed by atoms with van der Waals surface area (Å²) in [5.74, 6) is 0.905. The van der Waals surface area contributed by atoms with Gasteiger partial charge in [-0.05, 0) is 44.0 Å². The van der Waals surface area contributed by atoms with E-state index in [1.807, 2.05) is 43.3 Å². The van der Waals surface area contributed by atoms with Crippen molar-refractivity contribution in [3.8, 4) is 0 Å². The summed E-state index contributed by atoms with van der Waals surface area (Å²) in [5.41, 5.74) is 2.46. The average Bonchev–Trinajstić information content (AvgIpc) is 3.03. The largest absolute Gasteiger partial charge is 0.269 e.